The van der Waals surface area contributed by atoms with Gasteiger partial charge in [-0.1, -0.05) is 50.2 Å². The summed E-state index contributed by atoms with van der Waals surface area (Å²) in [6.45, 7) is 5.60. The van der Waals surface area contributed by atoms with Gasteiger partial charge in [0.1, 0.15) is 6.54 Å². The number of rotatable bonds is 7. The Balaban J connectivity index is 2.39. The molecule has 140 valence electrons. The van der Waals surface area contributed by atoms with Crippen molar-refractivity contribution in [3.05, 3.63) is 59.2 Å². The van der Waals surface area contributed by atoms with Gasteiger partial charge in [0.2, 0.25) is 15.9 Å². The van der Waals surface area contributed by atoms with Gasteiger partial charge in [-0.25, -0.2) is 8.42 Å². The van der Waals surface area contributed by atoms with Crippen LogP contribution in [-0.2, 0) is 27.7 Å². The largest absolute Gasteiger partial charge is 0.324 e. The van der Waals surface area contributed by atoms with Gasteiger partial charge in [0, 0.05) is 5.69 Å². The van der Waals surface area contributed by atoms with Crippen molar-refractivity contribution in [2.24, 2.45) is 0 Å². The highest BCUT2D eigenvalue weighted by atomic mass is 32.2. The van der Waals surface area contributed by atoms with Gasteiger partial charge < -0.3 is 5.32 Å². The van der Waals surface area contributed by atoms with Crippen LogP contribution in [0.4, 0.5) is 11.4 Å². The smallest absolute Gasteiger partial charge is 0.245 e. The number of hydrogen-bond acceptors (Lipinski definition) is 3. The fourth-order valence-electron chi connectivity index (χ4n) is 2.93. The van der Waals surface area contributed by atoms with Crippen molar-refractivity contribution in [3.63, 3.8) is 0 Å². The maximum Gasteiger partial charge on any atom is 0.245 e. The van der Waals surface area contributed by atoms with Gasteiger partial charge in [0.25, 0.3) is 0 Å². The molecule has 0 fully saturated rings. The molecule has 2 aromatic rings. The van der Waals surface area contributed by atoms with Gasteiger partial charge in [-0.15, -0.1) is 0 Å². The molecule has 2 aromatic carbocycles. The molecule has 26 heavy (non-hydrogen) atoms. The third-order valence-electron chi connectivity index (χ3n) is 4.32. The molecule has 0 saturated carbocycles. The van der Waals surface area contributed by atoms with Crippen molar-refractivity contribution in [1.29, 1.82) is 0 Å². The molecule has 2 rings (SSSR count). The highest BCUT2D eigenvalue weighted by Crippen LogP contribution is 2.29. The number of nitrogens with one attached hydrogen (secondary N) is 1. The molecule has 5 nitrogen and oxygen atoms in total. The Kier molecular flexibility index (Phi) is 6.42. The Hall–Kier alpha value is -2.34. The zero-order valence-corrected chi connectivity index (χ0v) is 16.6. The number of benzene rings is 2. The number of hydrogen-bond donors (Lipinski definition) is 1. The van der Waals surface area contributed by atoms with Crippen LogP contribution in [-0.4, -0.2) is 27.1 Å². The lowest BCUT2D eigenvalue weighted by atomic mass is 10.0. The average Bonchev–Trinajstić information content (AvgIpc) is 2.60. The van der Waals surface area contributed by atoms with Crippen LogP contribution in [0.2, 0.25) is 0 Å². The van der Waals surface area contributed by atoms with E-state index in [1.807, 2.05) is 57.2 Å². The summed E-state index contributed by atoms with van der Waals surface area (Å²) in [6, 6.07) is 13.2. The van der Waals surface area contributed by atoms with Crippen molar-refractivity contribution >= 4 is 27.3 Å². The third kappa shape index (κ3) is 4.64. The summed E-state index contributed by atoms with van der Waals surface area (Å²) >= 11 is 0. The highest BCUT2D eigenvalue weighted by Gasteiger charge is 2.25. The van der Waals surface area contributed by atoms with Crippen LogP contribution in [0.3, 0.4) is 0 Å². The molecule has 1 amide bonds. The van der Waals surface area contributed by atoms with Crippen molar-refractivity contribution in [2.75, 3.05) is 22.4 Å². The Bertz CT molecular complexity index is 869. The Morgan fingerprint density at radius 2 is 1.58 bits per heavy atom. The molecule has 1 N–H and O–H groups in total. The molecule has 0 bridgehead atoms. The lowest BCUT2D eigenvalue weighted by molar-refractivity contribution is -0.114. The lowest BCUT2D eigenvalue weighted by Crippen LogP contribution is -2.38. The molecule has 0 spiro atoms. The Labute approximate surface area is 156 Å². The maximum atomic E-state index is 12.6. The monoisotopic (exact) mass is 374 g/mol. The number of para-hydroxylation sites is 2. The van der Waals surface area contributed by atoms with Crippen LogP contribution < -0.4 is 9.62 Å². The molecule has 0 heterocycles. The minimum atomic E-state index is -3.61. The van der Waals surface area contributed by atoms with E-state index in [1.54, 1.807) is 6.07 Å². The van der Waals surface area contributed by atoms with Crippen molar-refractivity contribution in [1.82, 2.24) is 0 Å². The summed E-state index contributed by atoms with van der Waals surface area (Å²) in [4.78, 5) is 12.6. The number of aryl methyl sites for hydroxylation is 3. The Morgan fingerprint density at radius 3 is 2.08 bits per heavy atom. The molecular weight excluding hydrogens is 348 g/mol. The number of anilines is 2. The number of carbonyl (C=O) groups is 1. The second kappa shape index (κ2) is 8.36. The summed E-state index contributed by atoms with van der Waals surface area (Å²) in [5, 5.41) is 2.81. The number of amides is 1. The topological polar surface area (TPSA) is 66.5 Å². The van der Waals surface area contributed by atoms with E-state index in [0.717, 1.165) is 22.9 Å². The number of carbonyl (C=O) groups excluding carboxylic acids is 1. The lowest BCUT2D eigenvalue weighted by Gasteiger charge is -2.27. The summed E-state index contributed by atoms with van der Waals surface area (Å²) in [5.41, 5.74) is 4.07. The summed E-state index contributed by atoms with van der Waals surface area (Å²) in [7, 11) is -3.61. The van der Waals surface area contributed by atoms with Gasteiger partial charge in [0.15, 0.2) is 0 Å². The van der Waals surface area contributed by atoms with E-state index in [9.17, 15) is 13.2 Å². The van der Waals surface area contributed by atoms with Gasteiger partial charge in [-0.2, -0.15) is 0 Å². The first-order chi connectivity index (χ1) is 12.3. The van der Waals surface area contributed by atoms with Crippen LogP contribution >= 0.6 is 0 Å². The van der Waals surface area contributed by atoms with Crippen LogP contribution in [0.1, 0.15) is 30.5 Å². The summed E-state index contributed by atoms with van der Waals surface area (Å²) in [5.74, 6) is -0.363. The molecular formula is C20H26N2O3S. The van der Waals surface area contributed by atoms with Gasteiger partial charge in [-0.05, 0) is 42.5 Å². The van der Waals surface area contributed by atoms with E-state index in [4.69, 9.17) is 0 Å². The summed E-state index contributed by atoms with van der Waals surface area (Å²) in [6.07, 6.45) is 2.52. The maximum absolute atomic E-state index is 12.6. The molecule has 0 unspecified atom stereocenters. The molecule has 0 saturated heterocycles. The first-order valence-corrected chi connectivity index (χ1v) is 10.6. The van der Waals surface area contributed by atoms with Gasteiger partial charge in [0.05, 0.1) is 11.9 Å². The van der Waals surface area contributed by atoms with E-state index < -0.39 is 10.0 Å². The fourth-order valence-corrected chi connectivity index (χ4v) is 3.85. The van der Waals surface area contributed by atoms with E-state index >= 15 is 0 Å². The zero-order valence-electron chi connectivity index (χ0n) is 15.7. The van der Waals surface area contributed by atoms with E-state index in [-0.39, 0.29) is 12.5 Å². The SMILES string of the molecule is CCc1cccc(CC)c1N(CC(=O)Nc1ccccc1C)S(C)(=O)=O. The standard InChI is InChI=1S/C20H26N2O3S/c1-5-16-11-9-12-17(6-2)20(16)22(26(4,24)25)14-19(23)21-18-13-8-7-10-15(18)3/h7-13H,5-6,14H2,1-4H3,(H,21,23). The Morgan fingerprint density at radius 1 is 1.00 bits per heavy atom. The zero-order chi connectivity index (χ0) is 19.3. The number of sulfonamides is 1. The minimum Gasteiger partial charge on any atom is -0.324 e. The molecule has 0 atom stereocenters. The molecule has 0 aliphatic carbocycles. The van der Waals surface area contributed by atoms with E-state index in [1.165, 1.54) is 4.31 Å². The van der Waals surface area contributed by atoms with Crippen LogP contribution in [0, 0.1) is 6.92 Å². The van der Waals surface area contributed by atoms with Crippen LogP contribution in [0.5, 0.6) is 0 Å². The van der Waals surface area contributed by atoms with Crippen molar-refractivity contribution in [3.8, 4) is 0 Å². The molecule has 0 aliphatic rings. The van der Waals surface area contributed by atoms with Crippen molar-refractivity contribution in [2.45, 2.75) is 33.6 Å². The second-order valence-electron chi connectivity index (χ2n) is 6.26. The first-order valence-electron chi connectivity index (χ1n) is 8.71. The van der Waals surface area contributed by atoms with E-state index in [2.05, 4.69) is 5.32 Å². The van der Waals surface area contributed by atoms with Crippen LogP contribution in [0.15, 0.2) is 42.5 Å². The number of nitrogens with zero attached hydrogens (tertiary/aromatic N) is 1. The molecule has 0 aliphatic heterocycles. The quantitative estimate of drug-likeness (QED) is 0.806. The summed E-state index contributed by atoms with van der Waals surface area (Å²) < 4.78 is 26.2. The van der Waals surface area contributed by atoms with Gasteiger partial charge >= 0.3 is 0 Å². The predicted molar refractivity (Wildman–Crippen MR) is 107 cm³/mol. The average molecular weight is 375 g/mol. The third-order valence-corrected chi connectivity index (χ3v) is 5.43. The molecule has 0 radical (unpaired) electrons. The van der Waals surface area contributed by atoms with Crippen molar-refractivity contribution < 1.29 is 13.2 Å². The highest BCUT2D eigenvalue weighted by molar-refractivity contribution is 7.92. The normalized spacial score (nSPS) is 11.2. The van der Waals surface area contributed by atoms with Gasteiger partial charge in [-0.3, -0.25) is 9.10 Å². The second-order valence-corrected chi connectivity index (χ2v) is 8.17. The van der Waals surface area contributed by atoms with Crippen LogP contribution in [0.25, 0.3) is 0 Å². The minimum absolute atomic E-state index is 0.253. The predicted octanol–water partition coefficient (Wildman–Crippen LogP) is 3.52. The van der Waals surface area contributed by atoms with E-state index in [0.29, 0.717) is 24.2 Å². The molecule has 6 heteroatoms. The first kappa shape index (κ1) is 20.0. The molecule has 0 aromatic heterocycles. The fraction of sp³-hybridized carbons (Fsp3) is 0.350.